The SMILES string of the molecule is O=C(O)C1CCCN1C(=O)c1ccncc1.O=C(O)[C@@H]1CCCN1C(=O)c1ccncc1. The number of rotatable bonds is 4. The molecule has 2 fully saturated rings. The van der Waals surface area contributed by atoms with Gasteiger partial charge in [0, 0.05) is 49.0 Å². The number of carboxylic acids is 2. The summed E-state index contributed by atoms with van der Waals surface area (Å²) >= 11 is 0. The van der Waals surface area contributed by atoms with Crippen LogP contribution in [0.25, 0.3) is 0 Å². The number of aliphatic carboxylic acids is 2. The summed E-state index contributed by atoms with van der Waals surface area (Å²) in [6, 6.07) is 5.03. The van der Waals surface area contributed by atoms with Crippen LogP contribution in [0, 0.1) is 0 Å². The third-order valence-corrected chi connectivity index (χ3v) is 5.45. The number of hydrogen-bond donors (Lipinski definition) is 2. The second-order valence-electron chi connectivity index (χ2n) is 7.46. The van der Waals surface area contributed by atoms with Gasteiger partial charge in [-0.05, 0) is 49.9 Å². The van der Waals surface area contributed by atoms with Crippen LogP contribution in [0.2, 0.25) is 0 Å². The van der Waals surface area contributed by atoms with Gasteiger partial charge in [-0.1, -0.05) is 0 Å². The van der Waals surface area contributed by atoms with Crippen LogP contribution in [0.15, 0.2) is 49.1 Å². The number of amides is 2. The Hall–Kier alpha value is -3.82. The van der Waals surface area contributed by atoms with Gasteiger partial charge in [0.1, 0.15) is 12.1 Å². The number of hydrogen-bond acceptors (Lipinski definition) is 6. The lowest BCUT2D eigenvalue weighted by atomic mass is 10.2. The van der Waals surface area contributed by atoms with E-state index in [-0.39, 0.29) is 11.8 Å². The number of aromatic nitrogens is 2. The van der Waals surface area contributed by atoms with Crippen molar-refractivity contribution in [2.75, 3.05) is 13.1 Å². The molecular weight excluding hydrogens is 416 g/mol. The minimum absolute atomic E-state index is 0.229. The Morgan fingerprint density at radius 1 is 0.688 bits per heavy atom. The van der Waals surface area contributed by atoms with Crippen LogP contribution >= 0.6 is 0 Å². The molecule has 1 unspecified atom stereocenters. The van der Waals surface area contributed by atoms with Crippen molar-refractivity contribution >= 4 is 23.8 Å². The van der Waals surface area contributed by atoms with Crippen molar-refractivity contribution in [2.24, 2.45) is 0 Å². The van der Waals surface area contributed by atoms with Crippen LogP contribution in [-0.2, 0) is 9.59 Å². The van der Waals surface area contributed by atoms with Crippen LogP contribution in [0.4, 0.5) is 0 Å². The standard InChI is InChI=1S/2C11H12N2O3/c2*14-10(8-3-5-12-6-4-8)13-7-1-2-9(13)11(15)16/h2*3-6,9H,1-2,7H2,(H,15,16)/t9-;/m0./s1. The summed E-state index contributed by atoms with van der Waals surface area (Å²) in [6.45, 7) is 1.02. The van der Waals surface area contributed by atoms with E-state index in [2.05, 4.69) is 9.97 Å². The molecule has 4 heterocycles. The van der Waals surface area contributed by atoms with Gasteiger partial charge in [0.2, 0.25) is 0 Å². The van der Waals surface area contributed by atoms with Gasteiger partial charge < -0.3 is 20.0 Å². The highest BCUT2D eigenvalue weighted by molar-refractivity contribution is 5.97. The van der Waals surface area contributed by atoms with Gasteiger partial charge in [-0.3, -0.25) is 19.6 Å². The summed E-state index contributed by atoms with van der Waals surface area (Å²) in [6.07, 6.45) is 8.66. The summed E-state index contributed by atoms with van der Waals surface area (Å²) in [5, 5.41) is 17.9. The van der Waals surface area contributed by atoms with Gasteiger partial charge in [0.25, 0.3) is 11.8 Å². The van der Waals surface area contributed by atoms with Gasteiger partial charge in [-0.15, -0.1) is 0 Å². The van der Waals surface area contributed by atoms with Crippen molar-refractivity contribution < 1.29 is 29.4 Å². The molecule has 0 bridgehead atoms. The molecule has 0 radical (unpaired) electrons. The summed E-state index contributed by atoms with van der Waals surface area (Å²) in [5.41, 5.74) is 0.978. The molecule has 10 nitrogen and oxygen atoms in total. The molecule has 4 rings (SSSR count). The molecule has 2 amide bonds. The first-order chi connectivity index (χ1) is 15.4. The summed E-state index contributed by atoms with van der Waals surface area (Å²) in [7, 11) is 0. The van der Waals surface area contributed by atoms with Crippen molar-refractivity contribution in [3.05, 3.63) is 60.2 Å². The van der Waals surface area contributed by atoms with Crippen molar-refractivity contribution in [1.82, 2.24) is 19.8 Å². The van der Waals surface area contributed by atoms with Crippen LogP contribution in [0.1, 0.15) is 46.4 Å². The zero-order valence-electron chi connectivity index (χ0n) is 17.3. The van der Waals surface area contributed by atoms with E-state index in [0.29, 0.717) is 37.1 Å². The molecule has 2 aliphatic rings. The molecule has 2 aromatic rings. The van der Waals surface area contributed by atoms with E-state index < -0.39 is 24.0 Å². The Balaban J connectivity index is 0.000000181. The van der Waals surface area contributed by atoms with E-state index in [9.17, 15) is 19.2 Å². The van der Waals surface area contributed by atoms with Gasteiger partial charge in [0.05, 0.1) is 0 Å². The molecule has 2 N–H and O–H groups in total. The molecule has 2 aliphatic heterocycles. The lowest BCUT2D eigenvalue weighted by Gasteiger charge is -2.21. The molecule has 0 aromatic carbocycles. The minimum Gasteiger partial charge on any atom is -0.480 e. The van der Waals surface area contributed by atoms with Gasteiger partial charge >= 0.3 is 11.9 Å². The molecule has 32 heavy (non-hydrogen) atoms. The second-order valence-corrected chi connectivity index (χ2v) is 7.46. The zero-order chi connectivity index (χ0) is 23.1. The van der Waals surface area contributed by atoms with Crippen molar-refractivity contribution in [1.29, 1.82) is 0 Å². The third kappa shape index (κ3) is 5.26. The third-order valence-electron chi connectivity index (χ3n) is 5.45. The molecular formula is C22H24N4O6. The number of carbonyl (C=O) groups excluding carboxylic acids is 2. The highest BCUT2D eigenvalue weighted by Crippen LogP contribution is 2.21. The number of carboxylic acid groups (broad SMARTS) is 2. The Bertz CT molecular complexity index is 889. The normalized spacial score (nSPS) is 19.8. The second kappa shape index (κ2) is 10.5. The Kier molecular flexibility index (Phi) is 7.48. The monoisotopic (exact) mass is 440 g/mol. The van der Waals surface area contributed by atoms with E-state index in [4.69, 9.17) is 10.2 Å². The number of nitrogens with zero attached hydrogens (tertiary/aromatic N) is 4. The minimum atomic E-state index is -0.931. The fourth-order valence-corrected chi connectivity index (χ4v) is 3.85. The maximum absolute atomic E-state index is 12.0. The van der Waals surface area contributed by atoms with Gasteiger partial charge in [-0.2, -0.15) is 0 Å². The molecule has 0 spiro atoms. The maximum Gasteiger partial charge on any atom is 0.326 e. The Morgan fingerprint density at radius 2 is 1.03 bits per heavy atom. The fraction of sp³-hybridized carbons (Fsp3) is 0.364. The zero-order valence-corrected chi connectivity index (χ0v) is 17.3. The van der Waals surface area contributed by atoms with E-state index in [1.165, 1.54) is 34.6 Å². The number of pyridine rings is 2. The molecule has 2 saturated heterocycles. The summed E-state index contributed by atoms with van der Waals surface area (Å²) in [4.78, 5) is 56.3. The molecule has 0 saturated carbocycles. The van der Waals surface area contributed by atoms with Crippen LogP contribution < -0.4 is 0 Å². The highest BCUT2D eigenvalue weighted by atomic mass is 16.4. The molecule has 2 atom stereocenters. The van der Waals surface area contributed by atoms with Crippen molar-refractivity contribution in [3.8, 4) is 0 Å². The average Bonchev–Trinajstić information content (AvgIpc) is 3.50. The quantitative estimate of drug-likeness (QED) is 0.729. The predicted molar refractivity (Wildman–Crippen MR) is 112 cm³/mol. The van der Waals surface area contributed by atoms with Crippen molar-refractivity contribution in [3.63, 3.8) is 0 Å². The van der Waals surface area contributed by atoms with E-state index >= 15 is 0 Å². The summed E-state index contributed by atoms with van der Waals surface area (Å²) < 4.78 is 0. The van der Waals surface area contributed by atoms with Crippen LogP contribution in [0.5, 0.6) is 0 Å². The highest BCUT2D eigenvalue weighted by Gasteiger charge is 2.35. The van der Waals surface area contributed by atoms with Crippen LogP contribution in [0.3, 0.4) is 0 Å². The fourth-order valence-electron chi connectivity index (χ4n) is 3.85. The average molecular weight is 440 g/mol. The van der Waals surface area contributed by atoms with Crippen molar-refractivity contribution in [2.45, 2.75) is 37.8 Å². The van der Waals surface area contributed by atoms with Gasteiger partial charge in [-0.25, -0.2) is 9.59 Å². The largest absolute Gasteiger partial charge is 0.480 e. The first-order valence-electron chi connectivity index (χ1n) is 10.3. The molecule has 10 heteroatoms. The molecule has 168 valence electrons. The first-order valence-corrected chi connectivity index (χ1v) is 10.3. The van der Waals surface area contributed by atoms with E-state index in [1.807, 2.05) is 0 Å². The topological polar surface area (TPSA) is 141 Å². The van der Waals surface area contributed by atoms with Gasteiger partial charge in [0.15, 0.2) is 0 Å². The Labute approximate surface area is 184 Å². The lowest BCUT2D eigenvalue weighted by Crippen LogP contribution is -2.40. The number of carbonyl (C=O) groups is 4. The smallest absolute Gasteiger partial charge is 0.326 e. The molecule has 2 aromatic heterocycles. The summed E-state index contributed by atoms with van der Waals surface area (Å²) in [5.74, 6) is -2.32. The maximum atomic E-state index is 12.0. The number of likely N-dealkylation sites (tertiary alicyclic amines) is 2. The first kappa shape index (κ1) is 22.9. The lowest BCUT2D eigenvalue weighted by molar-refractivity contribution is -0.142. The van der Waals surface area contributed by atoms with E-state index in [0.717, 1.165) is 12.8 Å². The van der Waals surface area contributed by atoms with E-state index in [1.54, 1.807) is 24.3 Å². The predicted octanol–water partition coefficient (Wildman–Crippen LogP) is 1.54. The molecule has 0 aliphatic carbocycles. The van der Waals surface area contributed by atoms with Crippen LogP contribution in [-0.4, -0.2) is 78.9 Å². The Morgan fingerprint density at radius 3 is 1.34 bits per heavy atom.